The van der Waals surface area contributed by atoms with Gasteiger partial charge in [-0.3, -0.25) is 4.79 Å². The summed E-state index contributed by atoms with van der Waals surface area (Å²) in [6.45, 7) is 0. The van der Waals surface area contributed by atoms with Crippen molar-refractivity contribution >= 4 is 16.6 Å². The predicted molar refractivity (Wildman–Crippen MR) is 74.5 cm³/mol. The first-order chi connectivity index (χ1) is 9.27. The van der Waals surface area contributed by atoms with Crippen LogP contribution >= 0.6 is 0 Å². The average molecular weight is 246 g/mol. The number of hydrogen-bond donors (Lipinski definition) is 1. The van der Waals surface area contributed by atoms with Gasteiger partial charge in [0.1, 0.15) is 5.75 Å². The van der Waals surface area contributed by atoms with E-state index >= 15 is 0 Å². The minimum absolute atomic E-state index is 0.0550. The molecule has 0 amide bonds. The van der Waals surface area contributed by atoms with Crippen LogP contribution in [0.1, 0.15) is 15.9 Å². The Labute approximate surface area is 109 Å². The Morgan fingerprint density at radius 3 is 2.32 bits per heavy atom. The standard InChI is InChI=1S/C17H10O2/c18-14-9-8-10-4-3-7-12-11-5-1-2-6-13(11)17(19)16(14)15(10)12/h1-9,18H. The summed E-state index contributed by atoms with van der Waals surface area (Å²) >= 11 is 0. The predicted octanol–water partition coefficient (Wildman–Crippen LogP) is 3.76. The van der Waals surface area contributed by atoms with Crippen LogP contribution in [0.5, 0.6) is 5.75 Å². The third-order valence-electron chi connectivity index (χ3n) is 3.71. The van der Waals surface area contributed by atoms with Crippen LogP contribution in [0.15, 0.2) is 54.6 Å². The van der Waals surface area contributed by atoms with Crippen LogP contribution in [0.25, 0.3) is 21.9 Å². The van der Waals surface area contributed by atoms with E-state index in [0.29, 0.717) is 11.1 Å². The summed E-state index contributed by atoms with van der Waals surface area (Å²) in [7, 11) is 0. The molecule has 0 fully saturated rings. The second-order valence-corrected chi connectivity index (χ2v) is 4.74. The molecule has 2 nitrogen and oxygen atoms in total. The Bertz CT molecular complexity index is 847. The Morgan fingerprint density at radius 2 is 1.47 bits per heavy atom. The summed E-state index contributed by atoms with van der Waals surface area (Å²) in [5.74, 6) is -0.0446. The fraction of sp³-hybridized carbons (Fsp3) is 0. The van der Waals surface area contributed by atoms with Crippen molar-refractivity contribution in [1.29, 1.82) is 0 Å². The molecule has 3 aromatic rings. The molecule has 1 aliphatic carbocycles. The third-order valence-corrected chi connectivity index (χ3v) is 3.71. The summed E-state index contributed by atoms with van der Waals surface area (Å²) in [5, 5.41) is 11.9. The van der Waals surface area contributed by atoms with Crippen LogP contribution in [-0.4, -0.2) is 10.9 Å². The molecule has 0 atom stereocenters. The monoisotopic (exact) mass is 246 g/mol. The topological polar surface area (TPSA) is 37.3 Å². The highest BCUT2D eigenvalue weighted by molar-refractivity contribution is 6.27. The molecule has 0 unspecified atom stereocenters. The largest absolute Gasteiger partial charge is 0.507 e. The summed E-state index contributed by atoms with van der Waals surface area (Å²) < 4.78 is 0. The zero-order valence-corrected chi connectivity index (χ0v) is 10.1. The second kappa shape index (κ2) is 3.45. The summed E-state index contributed by atoms with van der Waals surface area (Å²) in [5.41, 5.74) is 3.03. The van der Waals surface area contributed by atoms with Crippen molar-refractivity contribution in [2.24, 2.45) is 0 Å². The van der Waals surface area contributed by atoms with Crippen molar-refractivity contribution in [2.45, 2.75) is 0 Å². The maximum absolute atomic E-state index is 12.6. The van der Waals surface area contributed by atoms with Gasteiger partial charge in [0.2, 0.25) is 0 Å². The molecule has 19 heavy (non-hydrogen) atoms. The molecule has 0 radical (unpaired) electrons. The molecule has 1 N–H and O–H groups in total. The van der Waals surface area contributed by atoms with Gasteiger partial charge in [0.15, 0.2) is 5.78 Å². The van der Waals surface area contributed by atoms with Crippen molar-refractivity contribution in [3.63, 3.8) is 0 Å². The SMILES string of the molecule is O=C1c2ccccc2-c2cccc3ccc(O)c1c23. The van der Waals surface area contributed by atoms with Gasteiger partial charge in [-0.1, -0.05) is 48.5 Å². The molecule has 0 saturated carbocycles. The van der Waals surface area contributed by atoms with Gasteiger partial charge in [-0.25, -0.2) is 0 Å². The zero-order chi connectivity index (χ0) is 13.0. The molecule has 0 saturated heterocycles. The lowest BCUT2D eigenvalue weighted by molar-refractivity contribution is 0.103. The number of carbonyl (C=O) groups is 1. The molecule has 0 heterocycles. The number of phenolic OH excluding ortho intramolecular Hbond substituents is 1. The Hall–Kier alpha value is -2.61. The van der Waals surface area contributed by atoms with Crippen LogP contribution in [0.2, 0.25) is 0 Å². The van der Waals surface area contributed by atoms with Crippen molar-refractivity contribution in [3.8, 4) is 16.9 Å². The highest BCUT2D eigenvalue weighted by Gasteiger charge is 2.26. The summed E-state index contributed by atoms with van der Waals surface area (Å²) in [6.07, 6.45) is 0. The van der Waals surface area contributed by atoms with E-state index in [1.807, 2.05) is 48.5 Å². The maximum Gasteiger partial charge on any atom is 0.198 e. The van der Waals surface area contributed by atoms with E-state index in [1.54, 1.807) is 6.07 Å². The second-order valence-electron chi connectivity index (χ2n) is 4.74. The van der Waals surface area contributed by atoms with Gasteiger partial charge in [-0.05, 0) is 22.6 Å². The summed E-state index contributed by atoms with van der Waals surface area (Å²) in [6, 6.07) is 16.9. The zero-order valence-electron chi connectivity index (χ0n) is 10.1. The van der Waals surface area contributed by atoms with Crippen molar-refractivity contribution < 1.29 is 9.90 Å². The van der Waals surface area contributed by atoms with Crippen molar-refractivity contribution in [1.82, 2.24) is 0 Å². The Morgan fingerprint density at radius 1 is 0.737 bits per heavy atom. The van der Waals surface area contributed by atoms with Crippen molar-refractivity contribution in [3.05, 3.63) is 65.7 Å². The number of carbonyl (C=O) groups excluding carboxylic acids is 1. The van der Waals surface area contributed by atoms with Gasteiger partial charge in [-0.15, -0.1) is 0 Å². The van der Waals surface area contributed by atoms with E-state index in [4.69, 9.17) is 0 Å². The first-order valence-electron chi connectivity index (χ1n) is 6.16. The quantitative estimate of drug-likeness (QED) is 0.513. The van der Waals surface area contributed by atoms with Gasteiger partial charge in [-0.2, -0.15) is 0 Å². The lowest BCUT2D eigenvalue weighted by atomic mass is 9.82. The van der Waals surface area contributed by atoms with Crippen molar-refractivity contribution in [2.75, 3.05) is 0 Å². The molecule has 3 aromatic carbocycles. The molecule has 4 rings (SSSR count). The van der Waals surface area contributed by atoms with E-state index in [1.165, 1.54) is 0 Å². The van der Waals surface area contributed by atoms with Gasteiger partial charge < -0.3 is 5.11 Å². The number of phenols is 1. The first-order valence-corrected chi connectivity index (χ1v) is 6.16. The van der Waals surface area contributed by atoms with Crippen LogP contribution < -0.4 is 0 Å². The minimum Gasteiger partial charge on any atom is -0.507 e. The molecule has 0 aromatic heterocycles. The number of hydrogen-bond acceptors (Lipinski definition) is 2. The van der Waals surface area contributed by atoms with Crippen LogP contribution in [-0.2, 0) is 0 Å². The lowest BCUT2D eigenvalue weighted by Gasteiger charge is -2.20. The third kappa shape index (κ3) is 1.23. The molecule has 1 aliphatic rings. The van der Waals surface area contributed by atoms with E-state index < -0.39 is 0 Å². The number of aromatic hydroxyl groups is 1. The molecule has 0 bridgehead atoms. The molecule has 90 valence electrons. The Balaban J connectivity index is 2.30. The van der Waals surface area contributed by atoms with E-state index in [9.17, 15) is 9.90 Å². The lowest BCUT2D eigenvalue weighted by Crippen LogP contribution is -2.09. The van der Waals surface area contributed by atoms with Gasteiger partial charge in [0.25, 0.3) is 0 Å². The number of fused-ring (bicyclic) bond motifs is 2. The fourth-order valence-electron chi connectivity index (χ4n) is 2.87. The van der Waals surface area contributed by atoms with Crippen LogP contribution in [0.3, 0.4) is 0 Å². The first kappa shape index (κ1) is 10.3. The number of ketones is 1. The average Bonchev–Trinajstić information content (AvgIpc) is 2.45. The summed E-state index contributed by atoms with van der Waals surface area (Å²) in [4.78, 5) is 12.6. The molecular formula is C17H10O2. The highest BCUT2D eigenvalue weighted by atomic mass is 16.3. The van der Waals surface area contributed by atoms with Gasteiger partial charge in [0, 0.05) is 10.9 Å². The molecule has 0 spiro atoms. The van der Waals surface area contributed by atoms with E-state index in [0.717, 1.165) is 21.9 Å². The molecular weight excluding hydrogens is 236 g/mol. The Kier molecular flexibility index (Phi) is 1.88. The maximum atomic E-state index is 12.6. The normalized spacial score (nSPS) is 12.5. The van der Waals surface area contributed by atoms with Crippen LogP contribution in [0.4, 0.5) is 0 Å². The van der Waals surface area contributed by atoms with E-state index in [-0.39, 0.29) is 11.5 Å². The number of rotatable bonds is 0. The van der Waals surface area contributed by atoms with E-state index in [2.05, 4.69) is 0 Å². The molecule has 2 heteroatoms. The van der Waals surface area contributed by atoms with Gasteiger partial charge >= 0.3 is 0 Å². The fourth-order valence-corrected chi connectivity index (χ4v) is 2.87. The molecule has 0 aliphatic heterocycles. The minimum atomic E-state index is -0.0996. The highest BCUT2D eigenvalue weighted by Crippen LogP contribution is 2.42. The van der Waals surface area contributed by atoms with Crippen LogP contribution in [0, 0.1) is 0 Å². The number of benzene rings is 3. The smallest absolute Gasteiger partial charge is 0.198 e. The van der Waals surface area contributed by atoms with Gasteiger partial charge in [0.05, 0.1) is 5.56 Å².